The molecule has 1 saturated heterocycles. The second-order valence-electron chi connectivity index (χ2n) is 6.77. The molecule has 0 bridgehead atoms. The molecule has 1 aliphatic rings. The van der Waals surface area contributed by atoms with E-state index in [1.807, 2.05) is 20.1 Å². The molecule has 6 nitrogen and oxygen atoms in total. The molecule has 3 unspecified atom stereocenters. The molecule has 0 radical (unpaired) electrons. The molecule has 0 saturated carbocycles. The fraction of sp³-hybridized carbons (Fsp3) is 0.611. The van der Waals surface area contributed by atoms with Gasteiger partial charge < -0.3 is 10.6 Å². The SMILES string of the molecule is CSCCC(NS(=O)(=O)c1ccc(C)cc1)C(=O)NC1CCCNC1C. The lowest BCUT2D eigenvalue weighted by atomic mass is 9.99. The molecule has 1 amide bonds. The van der Waals surface area contributed by atoms with Crippen LogP contribution in [-0.4, -0.2) is 51.0 Å². The Balaban J connectivity index is 2.10. The number of thioether (sulfide) groups is 1. The predicted molar refractivity (Wildman–Crippen MR) is 107 cm³/mol. The van der Waals surface area contributed by atoms with Gasteiger partial charge in [0, 0.05) is 12.1 Å². The first kappa shape index (κ1) is 21.2. The Morgan fingerprint density at radius 3 is 2.65 bits per heavy atom. The first-order valence-electron chi connectivity index (χ1n) is 8.95. The van der Waals surface area contributed by atoms with Gasteiger partial charge in [-0.2, -0.15) is 16.5 Å². The number of carbonyl (C=O) groups excluding carboxylic acids is 1. The van der Waals surface area contributed by atoms with E-state index in [9.17, 15) is 13.2 Å². The molecule has 3 atom stereocenters. The molecule has 0 aliphatic carbocycles. The van der Waals surface area contributed by atoms with Crippen molar-refractivity contribution in [3.05, 3.63) is 29.8 Å². The number of carbonyl (C=O) groups is 1. The molecule has 8 heteroatoms. The summed E-state index contributed by atoms with van der Waals surface area (Å²) in [4.78, 5) is 12.9. The lowest BCUT2D eigenvalue weighted by molar-refractivity contribution is -0.123. The molecule has 146 valence electrons. The van der Waals surface area contributed by atoms with Gasteiger partial charge in [-0.3, -0.25) is 4.79 Å². The average Bonchev–Trinajstić information content (AvgIpc) is 2.60. The van der Waals surface area contributed by atoms with Crippen LogP contribution in [0.15, 0.2) is 29.2 Å². The normalized spacial score (nSPS) is 22.0. The Hall–Kier alpha value is -1.09. The van der Waals surface area contributed by atoms with Crippen LogP contribution in [0.4, 0.5) is 0 Å². The van der Waals surface area contributed by atoms with E-state index in [0.717, 1.165) is 24.9 Å². The zero-order valence-electron chi connectivity index (χ0n) is 15.6. The fourth-order valence-corrected chi connectivity index (χ4v) is 4.68. The number of sulfonamides is 1. The highest BCUT2D eigenvalue weighted by atomic mass is 32.2. The quantitative estimate of drug-likeness (QED) is 0.619. The Morgan fingerprint density at radius 1 is 1.35 bits per heavy atom. The van der Waals surface area contributed by atoms with E-state index in [-0.39, 0.29) is 22.9 Å². The van der Waals surface area contributed by atoms with Crippen molar-refractivity contribution in [2.75, 3.05) is 18.6 Å². The molecule has 1 aromatic rings. The topological polar surface area (TPSA) is 87.3 Å². The van der Waals surface area contributed by atoms with Gasteiger partial charge in [-0.15, -0.1) is 0 Å². The van der Waals surface area contributed by atoms with Crippen LogP contribution in [0.3, 0.4) is 0 Å². The third-order valence-corrected chi connectivity index (χ3v) is 6.78. The van der Waals surface area contributed by atoms with Gasteiger partial charge in [-0.1, -0.05) is 17.7 Å². The molecule has 26 heavy (non-hydrogen) atoms. The number of nitrogens with one attached hydrogen (secondary N) is 3. The zero-order valence-corrected chi connectivity index (χ0v) is 17.3. The zero-order chi connectivity index (χ0) is 19.2. The summed E-state index contributed by atoms with van der Waals surface area (Å²) in [7, 11) is -3.74. The van der Waals surface area contributed by atoms with Gasteiger partial charge >= 0.3 is 0 Å². The predicted octanol–water partition coefficient (Wildman–Crippen LogP) is 1.65. The van der Waals surface area contributed by atoms with Crippen molar-refractivity contribution in [2.45, 2.75) is 56.1 Å². The highest BCUT2D eigenvalue weighted by Crippen LogP contribution is 2.14. The van der Waals surface area contributed by atoms with Gasteiger partial charge in [-0.25, -0.2) is 8.42 Å². The van der Waals surface area contributed by atoms with Crippen LogP contribution < -0.4 is 15.4 Å². The van der Waals surface area contributed by atoms with Crippen LogP contribution in [0, 0.1) is 6.92 Å². The third-order valence-electron chi connectivity index (χ3n) is 4.65. The van der Waals surface area contributed by atoms with E-state index in [1.165, 1.54) is 0 Å². The summed E-state index contributed by atoms with van der Waals surface area (Å²) >= 11 is 1.59. The maximum atomic E-state index is 12.8. The van der Waals surface area contributed by atoms with Gasteiger partial charge in [0.15, 0.2) is 0 Å². The van der Waals surface area contributed by atoms with E-state index in [0.29, 0.717) is 12.2 Å². The van der Waals surface area contributed by atoms with E-state index < -0.39 is 16.1 Å². The molecule has 1 aromatic carbocycles. The lowest BCUT2D eigenvalue weighted by Crippen LogP contribution is -2.56. The lowest BCUT2D eigenvalue weighted by Gasteiger charge is -2.32. The van der Waals surface area contributed by atoms with Crippen molar-refractivity contribution < 1.29 is 13.2 Å². The second kappa shape index (κ2) is 9.73. The summed E-state index contributed by atoms with van der Waals surface area (Å²) in [6.45, 7) is 4.89. The molecule has 3 N–H and O–H groups in total. The van der Waals surface area contributed by atoms with Gasteiger partial charge in [0.1, 0.15) is 6.04 Å². The van der Waals surface area contributed by atoms with Crippen molar-refractivity contribution >= 4 is 27.7 Å². The van der Waals surface area contributed by atoms with Crippen molar-refractivity contribution in [1.82, 2.24) is 15.4 Å². The van der Waals surface area contributed by atoms with Crippen molar-refractivity contribution in [3.8, 4) is 0 Å². The number of rotatable bonds is 8. The standard InChI is InChI=1S/C18H29N3O3S2/c1-13-6-8-15(9-7-13)26(23,24)21-17(10-12-25-3)18(22)20-16-5-4-11-19-14(16)2/h6-9,14,16-17,19,21H,4-5,10-12H2,1-3H3,(H,20,22). The summed E-state index contributed by atoms with van der Waals surface area (Å²) in [5.41, 5.74) is 0.986. The van der Waals surface area contributed by atoms with Crippen LogP contribution in [0.1, 0.15) is 31.7 Å². The Labute approximate surface area is 160 Å². The Kier molecular flexibility index (Phi) is 7.94. The largest absolute Gasteiger partial charge is 0.350 e. The number of hydrogen-bond acceptors (Lipinski definition) is 5. The van der Waals surface area contributed by atoms with Crippen molar-refractivity contribution in [1.29, 1.82) is 0 Å². The van der Waals surface area contributed by atoms with Crippen LogP contribution in [-0.2, 0) is 14.8 Å². The average molecular weight is 400 g/mol. The van der Waals surface area contributed by atoms with Crippen LogP contribution in [0.2, 0.25) is 0 Å². The van der Waals surface area contributed by atoms with Gasteiger partial charge in [-0.05, 0) is 63.8 Å². The monoisotopic (exact) mass is 399 g/mol. The minimum absolute atomic E-state index is 0.0249. The van der Waals surface area contributed by atoms with Gasteiger partial charge in [0.05, 0.1) is 4.90 Å². The van der Waals surface area contributed by atoms with E-state index in [2.05, 4.69) is 15.4 Å². The number of aryl methyl sites for hydroxylation is 1. The number of benzene rings is 1. The minimum atomic E-state index is -3.74. The van der Waals surface area contributed by atoms with Gasteiger partial charge in [0.2, 0.25) is 15.9 Å². The highest BCUT2D eigenvalue weighted by molar-refractivity contribution is 7.98. The number of amides is 1. The Bertz CT molecular complexity index is 692. The molecule has 1 heterocycles. The second-order valence-corrected chi connectivity index (χ2v) is 9.47. The van der Waals surface area contributed by atoms with Crippen LogP contribution in [0.5, 0.6) is 0 Å². The minimum Gasteiger partial charge on any atom is -0.350 e. The number of piperidine rings is 1. The summed E-state index contributed by atoms with van der Waals surface area (Å²) in [5.74, 6) is 0.447. The first-order chi connectivity index (χ1) is 12.3. The number of hydrogen-bond donors (Lipinski definition) is 3. The molecule has 2 rings (SSSR count). The maximum absolute atomic E-state index is 12.8. The molecule has 1 aliphatic heterocycles. The van der Waals surface area contributed by atoms with Crippen molar-refractivity contribution in [2.24, 2.45) is 0 Å². The Morgan fingerprint density at radius 2 is 2.04 bits per heavy atom. The summed E-state index contributed by atoms with van der Waals surface area (Å²) in [6.07, 6.45) is 4.29. The van der Waals surface area contributed by atoms with Crippen LogP contribution in [0.25, 0.3) is 0 Å². The smallest absolute Gasteiger partial charge is 0.241 e. The summed E-state index contributed by atoms with van der Waals surface area (Å²) in [6, 6.07) is 6.06. The first-order valence-corrected chi connectivity index (χ1v) is 11.8. The molecule has 1 fully saturated rings. The summed E-state index contributed by atoms with van der Waals surface area (Å²) < 4.78 is 27.9. The third kappa shape index (κ3) is 5.97. The molecular formula is C18H29N3O3S2. The van der Waals surface area contributed by atoms with E-state index in [4.69, 9.17) is 0 Å². The fourth-order valence-electron chi connectivity index (χ4n) is 2.98. The molecular weight excluding hydrogens is 370 g/mol. The van der Waals surface area contributed by atoms with E-state index in [1.54, 1.807) is 36.0 Å². The summed E-state index contributed by atoms with van der Waals surface area (Å²) in [5, 5.41) is 6.36. The highest BCUT2D eigenvalue weighted by Gasteiger charge is 2.29. The van der Waals surface area contributed by atoms with Gasteiger partial charge in [0.25, 0.3) is 0 Å². The molecule has 0 spiro atoms. The molecule has 0 aromatic heterocycles. The van der Waals surface area contributed by atoms with Crippen LogP contribution >= 0.6 is 11.8 Å². The van der Waals surface area contributed by atoms with E-state index >= 15 is 0 Å². The maximum Gasteiger partial charge on any atom is 0.241 e. The van der Waals surface area contributed by atoms with Crippen molar-refractivity contribution in [3.63, 3.8) is 0 Å².